The van der Waals surface area contributed by atoms with Gasteiger partial charge in [0.1, 0.15) is 16.7 Å². The van der Waals surface area contributed by atoms with Gasteiger partial charge in [-0.15, -0.1) is 0 Å². The molecule has 174 valence electrons. The fourth-order valence-corrected chi connectivity index (χ4v) is 3.75. The van der Waals surface area contributed by atoms with E-state index in [1.807, 2.05) is 19.9 Å². The molecule has 0 aliphatic heterocycles. The van der Waals surface area contributed by atoms with Crippen molar-refractivity contribution < 1.29 is 19.1 Å². The average Bonchev–Trinajstić information content (AvgIpc) is 3.23. The Morgan fingerprint density at radius 3 is 2.44 bits per heavy atom. The molecule has 0 unspecified atom stereocenters. The third-order valence-corrected chi connectivity index (χ3v) is 5.65. The molecule has 0 bridgehead atoms. The fraction of sp³-hybridized carbons (Fsp3) is 0.167. The van der Waals surface area contributed by atoms with Crippen LogP contribution < -0.4 is 15.8 Å². The molecule has 0 aliphatic rings. The Morgan fingerprint density at radius 1 is 1.09 bits per heavy atom. The summed E-state index contributed by atoms with van der Waals surface area (Å²) < 4.78 is 6.67. The van der Waals surface area contributed by atoms with Crippen LogP contribution in [0.3, 0.4) is 0 Å². The number of hydrogen-bond acceptors (Lipinski definition) is 6. The Morgan fingerprint density at radius 2 is 1.79 bits per heavy atom. The Kier molecular flexibility index (Phi) is 6.38. The normalized spacial score (nSPS) is 10.9. The topological polar surface area (TPSA) is 118 Å². The number of nitrogens with one attached hydrogen (secondary N) is 1. The van der Waals surface area contributed by atoms with Crippen LogP contribution >= 0.6 is 11.6 Å². The summed E-state index contributed by atoms with van der Waals surface area (Å²) in [5.74, 6) is -2.21. The van der Waals surface area contributed by atoms with E-state index in [-0.39, 0.29) is 16.9 Å². The van der Waals surface area contributed by atoms with Gasteiger partial charge in [-0.25, -0.2) is 14.3 Å². The molecule has 2 aromatic carbocycles. The van der Waals surface area contributed by atoms with E-state index in [0.29, 0.717) is 21.7 Å². The monoisotopic (exact) mass is 480 g/mol. The van der Waals surface area contributed by atoms with Crippen LogP contribution in [0, 0.1) is 0 Å². The van der Waals surface area contributed by atoms with Gasteiger partial charge in [0.15, 0.2) is 5.82 Å². The zero-order valence-electron chi connectivity index (χ0n) is 18.4. The van der Waals surface area contributed by atoms with E-state index in [0.717, 1.165) is 25.0 Å². The molecule has 0 radical (unpaired) electrons. The summed E-state index contributed by atoms with van der Waals surface area (Å²) in [5.41, 5.74) is 0.387. The third kappa shape index (κ3) is 4.38. The van der Waals surface area contributed by atoms with Crippen LogP contribution in [0.2, 0.25) is 5.02 Å². The molecule has 4 aromatic rings. The zero-order chi connectivity index (χ0) is 24.4. The first-order chi connectivity index (χ1) is 16.3. The number of halogens is 1. The van der Waals surface area contributed by atoms with Gasteiger partial charge in [0.25, 0.3) is 5.91 Å². The first-order valence-electron chi connectivity index (χ1n) is 10.5. The molecule has 0 atom stereocenters. The second-order valence-corrected chi connectivity index (χ2v) is 7.83. The maximum absolute atomic E-state index is 13.0. The number of anilines is 2. The average molecular weight is 481 g/mol. The zero-order valence-corrected chi connectivity index (χ0v) is 19.2. The minimum Gasteiger partial charge on any atom is -0.477 e. The predicted octanol–water partition coefficient (Wildman–Crippen LogP) is 4.43. The van der Waals surface area contributed by atoms with Crippen LogP contribution in [0.25, 0.3) is 16.7 Å². The van der Waals surface area contributed by atoms with Gasteiger partial charge in [-0.3, -0.25) is 4.79 Å². The smallest absolute Gasteiger partial charge is 0.349 e. The van der Waals surface area contributed by atoms with Gasteiger partial charge in [-0.1, -0.05) is 11.6 Å². The van der Waals surface area contributed by atoms with Crippen molar-refractivity contribution in [3.8, 4) is 5.69 Å². The summed E-state index contributed by atoms with van der Waals surface area (Å²) in [5, 5.41) is 17.2. The lowest BCUT2D eigenvalue weighted by molar-refractivity contribution is 0.0698. The quantitative estimate of drug-likeness (QED) is 0.376. The van der Waals surface area contributed by atoms with Gasteiger partial charge in [-0.2, -0.15) is 5.10 Å². The number of aromatic nitrogens is 2. The highest BCUT2D eigenvalue weighted by Gasteiger charge is 2.23. The molecule has 0 spiro atoms. The lowest BCUT2D eigenvalue weighted by Crippen LogP contribution is -2.23. The maximum Gasteiger partial charge on any atom is 0.349 e. The summed E-state index contributed by atoms with van der Waals surface area (Å²) >= 11 is 5.93. The van der Waals surface area contributed by atoms with Crippen LogP contribution in [0.5, 0.6) is 0 Å². The molecule has 34 heavy (non-hydrogen) atoms. The lowest BCUT2D eigenvalue weighted by Gasteiger charge is -2.21. The summed E-state index contributed by atoms with van der Waals surface area (Å²) in [6.07, 6.45) is 1.12. The summed E-state index contributed by atoms with van der Waals surface area (Å²) in [6, 6.07) is 13.3. The SMILES string of the molecule is CCN(CC)c1ccc2cc(C(=O)Nc3c(C(=O)O)cnn3-c3ccc(Cl)cc3)c(=O)oc2c1. The number of rotatable bonds is 7. The molecule has 0 aliphatic carbocycles. The Hall–Kier alpha value is -4.11. The lowest BCUT2D eigenvalue weighted by atomic mass is 10.1. The van der Waals surface area contributed by atoms with Crippen molar-refractivity contribution in [2.24, 2.45) is 0 Å². The number of fused-ring (bicyclic) bond motifs is 1. The van der Waals surface area contributed by atoms with E-state index >= 15 is 0 Å². The first kappa shape index (κ1) is 23.1. The molecule has 0 saturated heterocycles. The predicted molar refractivity (Wildman–Crippen MR) is 130 cm³/mol. The number of nitrogens with zero attached hydrogens (tertiary/aromatic N) is 3. The Labute approximate surface area is 199 Å². The van der Waals surface area contributed by atoms with Crippen molar-refractivity contribution in [1.82, 2.24) is 9.78 Å². The highest BCUT2D eigenvalue weighted by molar-refractivity contribution is 6.30. The molecule has 9 nitrogen and oxygen atoms in total. The van der Waals surface area contributed by atoms with Crippen LogP contribution in [-0.2, 0) is 0 Å². The third-order valence-electron chi connectivity index (χ3n) is 5.40. The number of benzene rings is 2. The van der Waals surface area contributed by atoms with Crippen molar-refractivity contribution in [1.29, 1.82) is 0 Å². The van der Waals surface area contributed by atoms with E-state index in [1.54, 1.807) is 36.4 Å². The molecule has 0 saturated carbocycles. The van der Waals surface area contributed by atoms with Crippen molar-refractivity contribution in [2.75, 3.05) is 23.3 Å². The van der Waals surface area contributed by atoms with E-state index in [1.165, 1.54) is 10.7 Å². The molecule has 1 amide bonds. The van der Waals surface area contributed by atoms with E-state index < -0.39 is 17.5 Å². The van der Waals surface area contributed by atoms with Crippen molar-refractivity contribution >= 4 is 46.0 Å². The fourth-order valence-electron chi connectivity index (χ4n) is 3.62. The van der Waals surface area contributed by atoms with E-state index in [9.17, 15) is 19.5 Å². The van der Waals surface area contributed by atoms with E-state index in [2.05, 4.69) is 15.3 Å². The molecule has 0 fully saturated rings. The Bertz CT molecular complexity index is 1440. The Balaban J connectivity index is 1.72. The number of hydrogen-bond donors (Lipinski definition) is 2. The van der Waals surface area contributed by atoms with Crippen molar-refractivity contribution in [3.05, 3.63) is 81.3 Å². The number of amides is 1. The second kappa shape index (κ2) is 9.40. The van der Waals surface area contributed by atoms with E-state index in [4.69, 9.17) is 16.0 Å². The second-order valence-electron chi connectivity index (χ2n) is 7.40. The molecule has 2 heterocycles. The molecular formula is C24H21ClN4O5. The molecule has 4 rings (SSSR count). The van der Waals surface area contributed by atoms with Gasteiger partial charge in [0.2, 0.25) is 0 Å². The molecule has 2 aromatic heterocycles. The van der Waals surface area contributed by atoms with Gasteiger partial charge in [0.05, 0.1) is 11.9 Å². The minimum atomic E-state index is -1.29. The van der Waals surface area contributed by atoms with Gasteiger partial charge in [0, 0.05) is 35.3 Å². The number of aromatic carboxylic acids is 1. The summed E-state index contributed by atoms with van der Waals surface area (Å²) in [7, 11) is 0. The summed E-state index contributed by atoms with van der Waals surface area (Å²) in [4.78, 5) is 39.5. The van der Waals surface area contributed by atoms with Crippen LogP contribution in [0.4, 0.5) is 11.5 Å². The minimum absolute atomic E-state index is 0.101. The number of carbonyl (C=O) groups excluding carboxylic acids is 1. The maximum atomic E-state index is 13.0. The highest BCUT2D eigenvalue weighted by atomic mass is 35.5. The molecule has 10 heteroatoms. The van der Waals surface area contributed by atoms with Gasteiger partial charge >= 0.3 is 11.6 Å². The van der Waals surface area contributed by atoms with Crippen LogP contribution in [-0.4, -0.2) is 39.9 Å². The number of carboxylic acid groups (broad SMARTS) is 1. The largest absolute Gasteiger partial charge is 0.477 e. The van der Waals surface area contributed by atoms with Crippen molar-refractivity contribution in [3.63, 3.8) is 0 Å². The van der Waals surface area contributed by atoms with Crippen molar-refractivity contribution in [2.45, 2.75) is 13.8 Å². The molecular weight excluding hydrogens is 460 g/mol. The number of carboxylic acids is 1. The van der Waals surface area contributed by atoms with Crippen LogP contribution in [0.1, 0.15) is 34.6 Å². The number of carbonyl (C=O) groups is 2. The molecule has 2 N–H and O–H groups in total. The van der Waals surface area contributed by atoms with Crippen LogP contribution in [0.15, 0.2) is 63.9 Å². The standard InChI is InChI=1S/C24H21ClN4O5/c1-3-28(4-2)17-8-5-14-11-18(24(33)34-20(14)12-17)22(30)27-21-19(23(31)32)13-26-29(21)16-9-6-15(25)7-10-16/h5-13H,3-4H2,1-2H3,(H,27,30)(H,31,32). The summed E-state index contributed by atoms with van der Waals surface area (Å²) in [6.45, 7) is 5.63. The highest BCUT2D eigenvalue weighted by Crippen LogP contribution is 2.24. The van der Waals surface area contributed by atoms with Gasteiger partial charge < -0.3 is 19.7 Å². The first-order valence-corrected chi connectivity index (χ1v) is 10.9. The van der Waals surface area contributed by atoms with Gasteiger partial charge in [-0.05, 0) is 56.3 Å².